The molecule has 0 spiro atoms. The van der Waals surface area contributed by atoms with Gasteiger partial charge in [0.15, 0.2) is 0 Å². The molecule has 0 atom stereocenters. The summed E-state index contributed by atoms with van der Waals surface area (Å²) in [6, 6.07) is 12.8. The van der Waals surface area contributed by atoms with E-state index < -0.39 is 0 Å². The summed E-state index contributed by atoms with van der Waals surface area (Å²) in [4.78, 5) is 0. The van der Waals surface area contributed by atoms with Crippen molar-refractivity contribution in [2.75, 3.05) is 6.54 Å². The molecule has 0 fully saturated rings. The van der Waals surface area contributed by atoms with Crippen molar-refractivity contribution in [2.45, 2.75) is 33.2 Å². The minimum Gasteiger partial charge on any atom is -0.457 e. The van der Waals surface area contributed by atoms with Gasteiger partial charge in [0.2, 0.25) is 0 Å². The number of aryl methyl sites for hydroxylation is 1. The Morgan fingerprint density at radius 2 is 1.71 bits per heavy atom. The third-order valence-electron chi connectivity index (χ3n) is 3.21. The number of benzene rings is 2. The lowest BCUT2D eigenvalue weighted by Gasteiger charge is -2.09. The Morgan fingerprint density at radius 3 is 2.38 bits per heavy atom. The molecule has 2 rings (SSSR count). The fraction of sp³-hybridized carbons (Fsp3) is 0.333. The Labute approximate surface area is 126 Å². The second kappa shape index (κ2) is 7.79. The Balaban J connectivity index is 2.09. The minimum absolute atomic E-state index is 0.275. The molecule has 112 valence electrons. The van der Waals surface area contributed by atoms with Crippen LogP contribution in [-0.2, 0) is 13.0 Å². The summed E-state index contributed by atoms with van der Waals surface area (Å²) >= 11 is 0. The van der Waals surface area contributed by atoms with Gasteiger partial charge >= 0.3 is 0 Å². The van der Waals surface area contributed by atoms with Crippen LogP contribution in [0.25, 0.3) is 0 Å². The van der Waals surface area contributed by atoms with Crippen molar-refractivity contribution in [3.05, 3.63) is 59.4 Å². The van der Waals surface area contributed by atoms with Gasteiger partial charge in [0, 0.05) is 12.6 Å². The van der Waals surface area contributed by atoms with Crippen LogP contribution < -0.4 is 10.1 Å². The average molecular weight is 287 g/mol. The summed E-state index contributed by atoms with van der Waals surface area (Å²) in [5.41, 5.74) is 2.17. The first-order valence-corrected chi connectivity index (χ1v) is 7.48. The SMILES string of the molecule is CCCc1ccc(Oc2cc(F)cc(CNCC)c2)cc1. The third-order valence-corrected chi connectivity index (χ3v) is 3.21. The maximum atomic E-state index is 13.6. The van der Waals surface area contributed by atoms with Crippen LogP contribution in [-0.4, -0.2) is 6.54 Å². The van der Waals surface area contributed by atoms with Crippen LogP contribution in [0.5, 0.6) is 11.5 Å². The summed E-state index contributed by atoms with van der Waals surface area (Å²) in [5, 5.41) is 3.18. The normalized spacial score (nSPS) is 10.6. The van der Waals surface area contributed by atoms with E-state index in [-0.39, 0.29) is 5.82 Å². The second-order valence-electron chi connectivity index (χ2n) is 5.07. The van der Waals surface area contributed by atoms with Gasteiger partial charge in [0.1, 0.15) is 17.3 Å². The van der Waals surface area contributed by atoms with Crippen LogP contribution >= 0.6 is 0 Å². The highest BCUT2D eigenvalue weighted by Gasteiger charge is 2.03. The molecule has 0 unspecified atom stereocenters. The highest BCUT2D eigenvalue weighted by Crippen LogP contribution is 2.24. The van der Waals surface area contributed by atoms with Crippen LogP contribution in [0.2, 0.25) is 0 Å². The fourth-order valence-electron chi connectivity index (χ4n) is 2.20. The smallest absolute Gasteiger partial charge is 0.130 e. The quantitative estimate of drug-likeness (QED) is 0.798. The van der Waals surface area contributed by atoms with Crippen LogP contribution in [0.15, 0.2) is 42.5 Å². The van der Waals surface area contributed by atoms with Gasteiger partial charge in [0.05, 0.1) is 0 Å². The van der Waals surface area contributed by atoms with Gasteiger partial charge in [-0.25, -0.2) is 4.39 Å². The van der Waals surface area contributed by atoms with Crippen molar-refractivity contribution in [3.63, 3.8) is 0 Å². The molecule has 0 aliphatic rings. The molecule has 0 heterocycles. The van der Waals surface area contributed by atoms with E-state index in [4.69, 9.17) is 4.74 Å². The molecule has 2 aromatic rings. The highest BCUT2D eigenvalue weighted by molar-refractivity contribution is 5.35. The molecule has 21 heavy (non-hydrogen) atoms. The molecule has 0 saturated heterocycles. The van der Waals surface area contributed by atoms with Crippen molar-refractivity contribution in [3.8, 4) is 11.5 Å². The summed E-state index contributed by atoms with van der Waals surface area (Å²) < 4.78 is 19.4. The lowest BCUT2D eigenvalue weighted by Crippen LogP contribution is -2.11. The maximum Gasteiger partial charge on any atom is 0.130 e. The molecular formula is C18H22FNO. The van der Waals surface area contributed by atoms with Gasteiger partial charge in [0.25, 0.3) is 0 Å². The first kappa shape index (κ1) is 15.5. The van der Waals surface area contributed by atoms with E-state index >= 15 is 0 Å². The number of hydrogen-bond acceptors (Lipinski definition) is 2. The Kier molecular flexibility index (Phi) is 5.76. The van der Waals surface area contributed by atoms with Gasteiger partial charge < -0.3 is 10.1 Å². The molecule has 0 radical (unpaired) electrons. The number of ether oxygens (including phenoxy) is 1. The van der Waals surface area contributed by atoms with Crippen molar-refractivity contribution in [1.82, 2.24) is 5.32 Å². The van der Waals surface area contributed by atoms with Crippen LogP contribution in [0.1, 0.15) is 31.4 Å². The van der Waals surface area contributed by atoms with Crippen molar-refractivity contribution >= 4 is 0 Å². The zero-order valence-electron chi connectivity index (χ0n) is 12.7. The largest absolute Gasteiger partial charge is 0.457 e. The third kappa shape index (κ3) is 4.87. The van der Waals surface area contributed by atoms with E-state index in [1.165, 1.54) is 17.7 Å². The summed E-state index contributed by atoms with van der Waals surface area (Å²) in [7, 11) is 0. The summed E-state index contributed by atoms with van der Waals surface area (Å²) in [5.74, 6) is 0.990. The topological polar surface area (TPSA) is 21.3 Å². The van der Waals surface area contributed by atoms with Crippen molar-refractivity contribution in [2.24, 2.45) is 0 Å². The molecule has 0 amide bonds. The van der Waals surface area contributed by atoms with E-state index in [0.717, 1.165) is 30.7 Å². The minimum atomic E-state index is -0.275. The molecule has 1 N–H and O–H groups in total. The standard InChI is InChI=1S/C18H22FNO/c1-3-5-14-6-8-17(9-7-14)21-18-11-15(13-20-4-2)10-16(19)12-18/h6-12,20H,3-5,13H2,1-2H3. The lowest BCUT2D eigenvalue weighted by molar-refractivity contribution is 0.475. The Hall–Kier alpha value is -1.87. The van der Waals surface area contributed by atoms with E-state index in [9.17, 15) is 4.39 Å². The second-order valence-corrected chi connectivity index (χ2v) is 5.07. The molecule has 0 saturated carbocycles. The van der Waals surface area contributed by atoms with Crippen LogP contribution in [0, 0.1) is 5.82 Å². The molecule has 2 nitrogen and oxygen atoms in total. The van der Waals surface area contributed by atoms with E-state index in [0.29, 0.717) is 12.3 Å². The highest BCUT2D eigenvalue weighted by atomic mass is 19.1. The lowest BCUT2D eigenvalue weighted by atomic mass is 10.1. The number of nitrogens with one attached hydrogen (secondary N) is 1. The zero-order chi connectivity index (χ0) is 15.1. The Bertz CT molecular complexity index is 566. The first-order chi connectivity index (χ1) is 10.2. The molecule has 0 bridgehead atoms. The van der Waals surface area contributed by atoms with Gasteiger partial charge in [-0.15, -0.1) is 0 Å². The maximum absolute atomic E-state index is 13.6. The molecule has 3 heteroatoms. The van der Waals surface area contributed by atoms with Gasteiger partial charge in [-0.05, 0) is 48.4 Å². The first-order valence-electron chi connectivity index (χ1n) is 7.48. The molecular weight excluding hydrogens is 265 g/mol. The van der Waals surface area contributed by atoms with Gasteiger partial charge in [-0.3, -0.25) is 0 Å². The predicted molar refractivity (Wildman–Crippen MR) is 84.3 cm³/mol. The molecule has 0 aliphatic heterocycles. The number of halogens is 1. The number of rotatable bonds is 7. The van der Waals surface area contributed by atoms with Crippen LogP contribution in [0.4, 0.5) is 4.39 Å². The van der Waals surface area contributed by atoms with Crippen LogP contribution in [0.3, 0.4) is 0 Å². The van der Waals surface area contributed by atoms with Crippen molar-refractivity contribution < 1.29 is 9.13 Å². The zero-order valence-corrected chi connectivity index (χ0v) is 12.7. The van der Waals surface area contributed by atoms with E-state index in [2.05, 4.69) is 24.4 Å². The van der Waals surface area contributed by atoms with E-state index in [1.54, 1.807) is 0 Å². The average Bonchev–Trinajstić information content (AvgIpc) is 2.47. The predicted octanol–water partition coefficient (Wildman–Crippen LogP) is 4.68. The van der Waals surface area contributed by atoms with Crippen molar-refractivity contribution in [1.29, 1.82) is 0 Å². The number of hydrogen-bond donors (Lipinski definition) is 1. The summed E-state index contributed by atoms with van der Waals surface area (Å²) in [6.45, 7) is 5.67. The molecule has 0 aromatic heterocycles. The summed E-state index contributed by atoms with van der Waals surface area (Å²) in [6.07, 6.45) is 2.19. The molecule has 2 aromatic carbocycles. The molecule has 0 aliphatic carbocycles. The fourth-order valence-corrected chi connectivity index (χ4v) is 2.20. The monoisotopic (exact) mass is 287 g/mol. The Morgan fingerprint density at radius 1 is 0.952 bits per heavy atom. The van der Waals surface area contributed by atoms with E-state index in [1.807, 2.05) is 25.1 Å². The van der Waals surface area contributed by atoms with Gasteiger partial charge in [-0.2, -0.15) is 0 Å². The van der Waals surface area contributed by atoms with Gasteiger partial charge in [-0.1, -0.05) is 32.4 Å².